The van der Waals surface area contributed by atoms with Crippen LogP contribution in [0.1, 0.15) is 19.6 Å². The lowest BCUT2D eigenvalue weighted by atomic mass is 10.2. The second-order valence-electron chi connectivity index (χ2n) is 5.79. The number of fused-ring (bicyclic) bond motifs is 1. The lowest BCUT2D eigenvalue weighted by molar-refractivity contribution is -0.114. The predicted octanol–water partition coefficient (Wildman–Crippen LogP) is -0.651. The highest BCUT2D eigenvalue weighted by atomic mass is 31.2. The fraction of sp³-hybridized carbons (Fsp3) is 0.385. The summed E-state index contributed by atoms with van der Waals surface area (Å²) in [4.78, 5) is 51.3. The fourth-order valence-electron chi connectivity index (χ4n) is 2.66. The summed E-state index contributed by atoms with van der Waals surface area (Å²) in [7, 11) is -4.82. The number of carbonyl (C=O) groups is 1. The lowest BCUT2D eigenvalue weighted by Gasteiger charge is -2.18. The normalized spacial score (nSPS) is 22.7. The van der Waals surface area contributed by atoms with Gasteiger partial charge < -0.3 is 14.4 Å². The number of imidazole rings is 1. The monoisotopic (exact) mass is 401 g/mol. The highest BCUT2D eigenvalue weighted by Crippen LogP contribution is 2.42. The van der Waals surface area contributed by atoms with E-state index in [0.29, 0.717) is 0 Å². The predicted molar refractivity (Wildman–Crippen MR) is 89.3 cm³/mol. The first-order valence-electron chi connectivity index (χ1n) is 7.57. The van der Waals surface area contributed by atoms with Crippen molar-refractivity contribution in [2.45, 2.75) is 31.8 Å². The van der Waals surface area contributed by atoms with Crippen molar-refractivity contribution in [3.05, 3.63) is 29.0 Å². The molecule has 1 aliphatic heterocycles. The van der Waals surface area contributed by atoms with E-state index in [1.807, 2.05) is 0 Å². The Bertz CT molecular complexity index is 1010. The van der Waals surface area contributed by atoms with E-state index in [1.54, 1.807) is 0 Å². The van der Waals surface area contributed by atoms with Crippen LogP contribution in [-0.4, -0.2) is 52.5 Å². The minimum atomic E-state index is -4.82. The first-order chi connectivity index (χ1) is 12.5. The summed E-state index contributed by atoms with van der Waals surface area (Å²) >= 11 is 0. The van der Waals surface area contributed by atoms with Crippen molar-refractivity contribution in [1.29, 1.82) is 0 Å². The number of anilines is 1. The van der Waals surface area contributed by atoms with Gasteiger partial charge in [-0.25, -0.2) is 9.55 Å². The van der Waals surface area contributed by atoms with Crippen LogP contribution >= 0.6 is 7.82 Å². The van der Waals surface area contributed by atoms with Gasteiger partial charge in [-0.1, -0.05) is 6.58 Å². The van der Waals surface area contributed by atoms with Gasteiger partial charge in [-0.2, -0.15) is 4.98 Å². The van der Waals surface area contributed by atoms with Gasteiger partial charge in [-0.05, 0) is 0 Å². The maximum absolute atomic E-state index is 12.1. The number of aromatic amines is 1. The third kappa shape index (κ3) is 4.07. The van der Waals surface area contributed by atoms with Crippen LogP contribution in [0.5, 0.6) is 0 Å². The van der Waals surface area contributed by atoms with Gasteiger partial charge >= 0.3 is 7.82 Å². The summed E-state index contributed by atoms with van der Waals surface area (Å²) in [6, 6.07) is 0. The molecule has 1 saturated heterocycles. The summed E-state index contributed by atoms with van der Waals surface area (Å²) in [5.41, 5.74) is -0.622. The van der Waals surface area contributed by atoms with Gasteiger partial charge in [0.05, 0.1) is 6.33 Å². The van der Waals surface area contributed by atoms with Crippen LogP contribution in [0.4, 0.5) is 5.95 Å². The average Bonchev–Trinajstić information content (AvgIpc) is 3.08. The largest absolute Gasteiger partial charge is 0.524 e. The molecule has 5 N–H and O–H groups in total. The molecule has 0 aliphatic carbocycles. The van der Waals surface area contributed by atoms with Crippen LogP contribution in [0.25, 0.3) is 11.2 Å². The number of carbonyl (C=O) groups excluding carboxylic acids is 1. The van der Waals surface area contributed by atoms with Crippen molar-refractivity contribution in [2.24, 2.45) is 0 Å². The van der Waals surface area contributed by atoms with Crippen LogP contribution in [0, 0.1) is 0 Å². The Morgan fingerprint density at radius 3 is 2.89 bits per heavy atom. The highest BCUT2D eigenvalue weighted by Gasteiger charge is 2.39. The van der Waals surface area contributed by atoms with Crippen molar-refractivity contribution in [1.82, 2.24) is 19.5 Å². The molecule has 0 spiro atoms. The Balaban J connectivity index is 1.92. The summed E-state index contributed by atoms with van der Waals surface area (Å²) in [6.07, 6.45) is -2.06. The number of phosphoric ester groups is 1. The van der Waals surface area contributed by atoms with Crippen LogP contribution in [0.15, 0.2) is 23.5 Å². The zero-order valence-corrected chi connectivity index (χ0v) is 14.8. The van der Waals surface area contributed by atoms with Crippen molar-refractivity contribution in [2.75, 3.05) is 5.32 Å². The molecule has 0 saturated carbocycles. The molecule has 3 rings (SSSR count). The molecule has 1 fully saturated rings. The first-order valence-corrected chi connectivity index (χ1v) is 9.10. The van der Waals surface area contributed by atoms with Crippen molar-refractivity contribution < 1.29 is 33.5 Å². The van der Waals surface area contributed by atoms with E-state index in [0.717, 1.165) is 0 Å². The summed E-state index contributed by atoms with van der Waals surface area (Å²) < 4.78 is 22.2. The number of aliphatic hydroxyl groups is 1. The van der Waals surface area contributed by atoms with E-state index < -0.39 is 37.7 Å². The second kappa shape index (κ2) is 6.87. The number of ether oxygens (including phenoxy) is 1. The second-order valence-corrected chi connectivity index (χ2v) is 6.95. The maximum atomic E-state index is 12.1. The Kier molecular flexibility index (Phi) is 4.88. The Morgan fingerprint density at radius 2 is 2.26 bits per heavy atom. The number of amides is 1. The molecular weight excluding hydrogens is 385 g/mol. The average molecular weight is 401 g/mol. The molecule has 2 aromatic rings. The summed E-state index contributed by atoms with van der Waals surface area (Å²) in [5, 5.41) is 12.6. The van der Waals surface area contributed by atoms with E-state index in [9.17, 15) is 19.3 Å². The van der Waals surface area contributed by atoms with Crippen molar-refractivity contribution in [3.8, 4) is 0 Å². The molecule has 13 nitrogen and oxygen atoms in total. The lowest BCUT2D eigenvalue weighted by Crippen LogP contribution is -2.21. The number of hydrogen-bond donors (Lipinski definition) is 5. The number of rotatable bonds is 5. The minimum absolute atomic E-state index is 0.0359. The van der Waals surface area contributed by atoms with Crippen LogP contribution in [0.2, 0.25) is 0 Å². The van der Waals surface area contributed by atoms with E-state index in [-0.39, 0.29) is 29.3 Å². The first kappa shape index (κ1) is 19.2. The van der Waals surface area contributed by atoms with Crippen LogP contribution in [-0.2, 0) is 18.6 Å². The smallest absolute Gasteiger partial charge is 0.407 e. The number of H-pyrrole nitrogens is 1. The number of aliphatic hydroxyl groups excluding tert-OH is 1. The summed E-state index contributed by atoms with van der Waals surface area (Å²) in [5.74, 6) is -0.911. The molecular formula is C13H16N5O8P. The molecule has 2 aromatic heterocycles. The molecule has 0 radical (unpaired) electrons. The third-order valence-corrected chi connectivity index (χ3v) is 4.16. The van der Waals surface area contributed by atoms with Gasteiger partial charge in [0, 0.05) is 13.3 Å². The number of nitrogens with zero attached hydrogens (tertiary/aromatic N) is 3. The standard InChI is InChI=1S/C13H16N5O8P/c1-5(26-27(22,23)24)8-3-7(20)12(25-8)18-4-14-9-10(18)16-13(15-6(2)19)17-11(9)21/h4,7-8,12,20H,1,3H2,2H3,(H2,22,23,24)(H2,15,16,17,19,21)/t7-,8+,12-/m1/s1. The highest BCUT2D eigenvalue weighted by molar-refractivity contribution is 7.46. The van der Waals surface area contributed by atoms with Gasteiger partial charge in [-0.15, -0.1) is 0 Å². The number of aromatic nitrogens is 4. The van der Waals surface area contributed by atoms with Crippen LogP contribution in [0.3, 0.4) is 0 Å². The Morgan fingerprint density at radius 1 is 1.56 bits per heavy atom. The minimum Gasteiger partial charge on any atom is -0.407 e. The maximum Gasteiger partial charge on any atom is 0.524 e. The Labute approximate surface area is 150 Å². The van der Waals surface area contributed by atoms with Gasteiger partial charge in [0.1, 0.15) is 18.0 Å². The van der Waals surface area contributed by atoms with Gasteiger partial charge in [0.2, 0.25) is 11.9 Å². The van der Waals surface area contributed by atoms with Crippen molar-refractivity contribution in [3.63, 3.8) is 0 Å². The molecule has 146 valence electrons. The van der Waals surface area contributed by atoms with Crippen molar-refractivity contribution >= 4 is 30.8 Å². The molecule has 27 heavy (non-hydrogen) atoms. The van der Waals surface area contributed by atoms with Gasteiger partial charge in [-0.3, -0.25) is 34.2 Å². The number of hydrogen-bond acceptors (Lipinski definition) is 8. The number of phosphoric acid groups is 1. The van der Waals surface area contributed by atoms with Gasteiger partial charge in [0.25, 0.3) is 5.56 Å². The molecule has 1 aliphatic rings. The Hall–Kier alpha value is -2.57. The SMILES string of the molecule is C=C(OP(=O)(O)O)[C@@H]1C[C@@H](O)[C@H](n2cnc3c(=O)[nH]c(NC(C)=O)nc32)O1. The van der Waals surface area contributed by atoms with E-state index in [1.165, 1.54) is 17.8 Å². The molecule has 0 unspecified atom stereocenters. The molecule has 1 amide bonds. The quantitative estimate of drug-likeness (QED) is 0.318. The third-order valence-electron chi connectivity index (χ3n) is 3.68. The molecule has 14 heteroatoms. The van der Waals surface area contributed by atoms with E-state index >= 15 is 0 Å². The van der Waals surface area contributed by atoms with E-state index in [4.69, 9.17) is 14.5 Å². The molecule has 3 atom stereocenters. The number of nitrogens with one attached hydrogen (secondary N) is 2. The molecule has 0 bridgehead atoms. The summed E-state index contributed by atoms with van der Waals surface area (Å²) in [6.45, 7) is 4.64. The van der Waals surface area contributed by atoms with Gasteiger partial charge in [0.15, 0.2) is 17.4 Å². The zero-order chi connectivity index (χ0) is 19.9. The topological polar surface area (TPSA) is 189 Å². The zero-order valence-electron chi connectivity index (χ0n) is 13.9. The molecule has 3 heterocycles. The fourth-order valence-corrected chi connectivity index (χ4v) is 3.08. The van der Waals surface area contributed by atoms with Crippen LogP contribution < -0.4 is 10.9 Å². The van der Waals surface area contributed by atoms with E-state index in [2.05, 4.69) is 31.4 Å². The molecule has 0 aromatic carbocycles.